The molecule has 0 saturated heterocycles. The number of alkyl halides is 2. The van der Waals surface area contributed by atoms with E-state index in [0.717, 1.165) is 32.1 Å². The first kappa shape index (κ1) is 19.4. The monoisotopic (exact) mass is 462 g/mol. The van der Waals surface area contributed by atoms with Crippen LogP contribution in [0.25, 0.3) is 0 Å². The minimum Gasteiger partial charge on any atom is -0.390 e. The number of aliphatic hydroxyl groups is 2. The Labute approximate surface area is 163 Å². The summed E-state index contributed by atoms with van der Waals surface area (Å²) < 4.78 is 0. The summed E-state index contributed by atoms with van der Waals surface area (Å²) in [6.45, 7) is 13.2. The number of fused-ring (bicyclic) bond motifs is 1. The Morgan fingerprint density at radius 1 is 1.00 bits per heavy atom. The van der Waals surface area contributed by atoms with Gasteiger partial charge in [0, 0.05) is 15.6 Å². The summed E-state index contributed by atoms with van der Waals surface area (Å²) in [4.78, 5) is 0.417. The third kappa shape index (κ3) is 2.88. The van der Waals surface area contributed by atoms with Crippen molar-refractivity contribution in [2.45, 2.75) is 80.7 Å². The highest BCUT2D eigenvalue weighted by Crippen LogP contribution is 2.65. The second-order valence-corrected chi connectivity index (χ2v) is 11.8. The molecule has 0 aromatic rings. The van der Waals surface area contributed by atoms with Crippen LogP contribution in [0.2, 0.25) is 0 Å². The molecule has 3 fully saturated rings. The SMILES string of the molecule is C=C([C@H]1CC[C@@](C)(O)[C@@H](Br)C1)[C@@H]1[C@H](Br)[C@@H]2[C@@H](CC[C@@]2(C)O)C1(C)C. The number of hydrogen-bond acceptors (Lipinski definition) is 2. The largest absolute Gasteiger partial charge is 0.390 e. The quantitative estimate of drug-likeness (QED) is 0.444. The number of allylic oxidation sites excluding steroid dienone is 1. The molecular formula is C20H32Br2O2. The zero-order valence-corrected chi connectivity index (χ0v) is 18.5. The predicted molar refractivity (Wildman–Crippen MR) is 107 cm³/mol. The van der Waals surface area contributed by atoms with Crippen molar-refractivity contribution >= 4 is 31.9 Å². The van der Waals surface area contributed by atoms with Gasteiger partial charge < -0.3 is 10.2 Å². The molecule has 4 heteroatoms. The van der Waals surface area contributed by atoms with E-state index in [4.69, 9.17) is 0 Å². The summed E-state index contributed by atoms with van der Waals surface area (Å²) in [7, 11) is 0. The summed E-state index contributed by atoms with van der Waals surface area (Å²) in [5, 5.41) is 21.3. The molecule has 0 aliphatic heterocycles. The first-order chi connectivity index (χ1) is 10.9. The van der Waals surface area contributed by atoms with Crippen molar-refractivity contribution in [2.24, 2.45) is 29.1 Å². The Morgan fingerprint density at radius 3 is 2.12 bits per heavy atom. The molecule has 3 aliphatic carbocycles. The number of rotatable bonds is 2. The third-order valence-corrected chi connectivity index (χ3v) is 10.1. The molecule has 3 saturated carbocycles. The molecule has 0 unspecified atom stereocenters. The van der Waals surface area contributed by atoms with Crippen LogP contribution >= 0.6 is 31.9 Å². The van der Waals surface area contributed by atoms with Gasteiger partial charge in [0.15, 0.2) is 0 Å². The molecule has 0 spiro atoms. The second-order valence-electron chi connectivity index (χ2n) is 9.64. The van der Waals surface area contributed by atoms with Gasteiger partial charge in [0.05, 0.1) is 11.2 Å². The van der Waals surface area contributed by atoms with E-state index < -0.39 is 11.2 Å². The lowest BCUT2D eigenvalue weighted by atomic mass is 9.66. The molecule has 3 rings (SSSR count). The Bertz CT molecular complexity index is 526. The van der Waals surface area contributed by atoms with Gasteiger partial charge in [-0.1, -0.05) is 57.9 Å². The summed E-state index contributed by atoms with van der Waals surface area (Å²) in [5.74, 6) is 1.68. The first-order valence-corrected chi connectivity index (χ1v) is 11.1. The van der Waals surface area contributed by atoms with E-state index in [1.165, 1.54) is 5.57 Å². The van der Waals surface area contributed by atoms with Crippen molar-refractivity contribution in [1.82, 2.24) is 0 Å². The van der Waals surface area contributed by atoms with Gasteiger partial charge in [-0.05, 0) is 69.1 Å². The predicted octanol–water partition coefficient (Wildman–Crippen LogP) is 5.05. The molecule has 0 aromatic carbocycles. The van der Waals surface area contributed by atoms with Crippen LogP contribution in [0.3, 0.4) is 0 Å². The van der Waals surface area contributed by atoms with Crippen molar-refractivity contribution in [3.05, 3.63) is 12.2 Å². The second kappa shape index (κ2) is 6.07. The smallest absolute Gasteiger partial charge is 0.0744 e. The van der Waals surface area contributed by atoms with Gasteiger partial charge in [0.1, 0.15) is 0 Å². The lowest BCUT2D eigenvalue weighted by molar-refractivity contribution is 0.0153. The summed E-state index contributed by atoms with van der Waals surface area (Å²) in [6.07, 6.45) is 4.78. The van der Waals surface area contributed by atoms with Gasteiger partial charge in [-0.2, -0.15) is 0 Å². The molecule has 0 radical (unpaired) electrons. The van der Waals surface area contributed by atoms with E-state index in [0.29, 0.717) is 28.5 Å². The van der Waals surface area contributed by atoms with E-state index in [9.17, 15) is 10.2 Å². The van der Waals surface area contributed by atoms with Crippen LogP contribution in [0.15, 0.2) is 12.2 Å². The molecule has 24 heavy (non-hydrogen) atoms. The average Bonchev–Trinajstić information content (AvgIpc) is 2.87. The van der Waals surface area contributed by atoms with Crippen LogP contribution in [0.1, 0.15) is 59.8 Å². The van der Waals surface area contributed by atoms with Crippen molar-refractivity contribution in [3.63, 3.8) is 0 Å². The van der Waals surface area contributed by atoms with E-state index in [1.807, 2.05) is 13.8 Å². The normalized spacial score (nSPS) is 53.8. The maximum absolute atomic E-state index is 10.9. The topological polar surface area (TPSA) is 40.5 Å². The van der Waals surface area contributed by atoms with E-state index in [2.05, 4.69) is 52.3 Å². The Morgan fingerprint density at radius 2 is 1.58 bits per heavy atom. The Kier molecular flexibility index (Phi) is 4.90. The molecule has 0 bridgehead atoms. The van der Waals surface area contributed by atoms with Crippen LogP contribution in [0.5, 0.6) is 0 Å². The maximum Gasteiger partial charge on any atom is 0.0744 e. The van der Waals surface area contributed by atoms with Gasteiger partial charge in [-0.3, -0.25) is 0 Å². The molecule has 2 nitrogen and oxygen atoms in total. The van der Waals surface area contributed by atoms with Gasteiger partial charge in [-0.15, -0.1) is 0 Å². The molecule has 8 atom stereocenters. The number of halogens is 2. The van der Waals surface area contributed by atoms with Crippen molar-refractivity contribution in [3.8, 4) is 0 Å². The summed E-state index contributed by atoms with van der Waals surface area (Å²) in [5.41, 5.74) is 0.292. The van der Waals surface area contributed by atoms with Crippen LogP contribution < -0.4 is 0 Å². The van der Waals surface area contributed by atoms with Crippen LogP contribution in [-0.2, 0) is 0 Å². The molecule has 2 N–H and O–H groups in total. The van der Waals surface area contributed by atoms with E-state index >= 15 is 0 Å². The van der Waals surface area contributed by atoms with Crippen LogP contribution in [0, 0.1) is 29.1 Å². The van der Waals surface area contributed by atoms with Gasteiger partial charge in [0.25, 0.3) is 0 Å². The minimum atomic E-state index is -0.615. The molecule has 0 amide bonds. The lowest BCUT2D eigenvalue weighted by Crippen LogP contribution is -2.43. The van der Waals surface area contributed by atoms with E-state index in [1.54, 1.807) is 0 Å². The summed E-state index contributed by atoms with van der Waals surface area (Å²) >= 11 is 7.68. The van der Waals surface area contributed by atoms with Crippen molar-refractivity contribution in [1.29, 1.82) is 0 Å². The highest BCUT2D eigenvalue weighted by atomic mass is 79.9. The van der Waals surface area contributed by atoms with Crippen molar-refractivity contribution < 1.29 is 10.2 Å². The fourth-order valence-corrected chi connectivity index (χ4v) is 8.63. The zero-order valence-electron chi connectivity index (χ0n) is 15.4. The van der Waals surface area contributed by atoms with Crippen LogP contribution in [-0.4, -0.2) is 31.1 Å². The lowest BCUT2D eigenvalue weighted by Gasteiger charge is -2.43. The Balaban J connectivity index is 1.83. The maximum atomic E-state index is 10.9. The standard InChI is InChI=1S/C20H32Br2O2/c1-11(12-6-8-19(4,23)14(21)10-12)15-17(22)16-13(18(15,2)3)7-9-20(16,5)24/h12-17,23-24H,1,6-10H2,2-5H3/t12-,13+,14-,15+,16-,17-,19+,20+/m0/s1. The van der Waals surface area contributed by atoms with Crippen molar-refractivity contribution in [2.75, 3.05) is 0 Å². The fourth-order valence-electron chi connectivity index (χ4n) is 5.99. The molecular weight excluding hydrogens is 432 g/mol. The first-order valence-electron chi connectivity index (χ1n) is 9.31. The minimum absolute atomic E-state index is 0.126. The third-order valence-electron chi connectivity index (χ3n) is 7.62. The number of hydrogen-bond donors (Lipinski definition) is 2. The average molecular weight is 464 g/mol. The highest BCUT2D eigenvalue weighted by molar-refractivity contribution is 9.09. The fraction of sp³-hybridized carbons (Fsp3) is 0.900. The molecule has 138 valence electrons. The molecule has 0 heterocycles. The van der Waals surface area contributed by atoms with Crippen LogP contribution in [0.4, 0.5) is 0 Å². The molecule has 0 aromatic heterocycles. The summed E-state index contributed by atoms with van der Waals surface area (Å²) in [6, 6.07) is 0. The highest BCUT2D eigenvalue weighted by Gasteiger charge is 2.63. The van der Waals surface area contributed by atoms with Gasteiger partial charge in [-0.25, -0.2) is 0 Å². The zero-order chi connectivity index (χ0) is 18.1. The molecule has 3 aliphatic rings. The van der Waals surface area contributed by atoms with Gasteiger partial charge >= 0.3 is 0 Å². The van der Waals surface area contributed by atoms with Gasteiger partial charge in [0.2, 0.25) is 0 Å². The Hall–Kier alpha value is 0.620. The van der Waals surface area contributed by atoms with E-state index in [-0.39, 0.29) is 10.2 Å².